The molecule has 0 aromatic carbocycles. The van der Waals surface area contributed by atoms with Crippen LogP contribution in [0.2, 0.25) is 0 Å². The predicted octanol–water partition coefficient (Wildman–Crippen LogP) is -0.440. The van der Waals surface area contributed by atoms with Crippen LogP contribution in [-0.4, -0.2) is 16.1 Å². The third-order valence-corrected chi connectivity index (χ3v) is 1.42. The van der Waals surface area contributed by atoms with Gasteiger partial charge in [-0.25, -0.2) is 9.47 Å². The van der Waals surface area contributed by atoms with Gasteiger partial charge in [-0.15, -0.1) is 0 Å². The van der Waals surface area contributed by atoms with E-state index in [4.69, 9.17) is 0 Å². The molecule has 0 unspecified atom stereocenters. The van der Waals surface area contributed by atoms with Crippen LogP contribution in [0.1, 0.15) is 11.4 Å². The van der Waals surface area contributed by atoms with Crippen LogP contribution < -0.4 is 11.1 Å². The van der Waals surface area contributed by atoms with E-state index in [0.29, 0.717) is 17.8 Å². The molecule has 0 radical (unpaired) electrons. The highest BCUT2D eigenvalue weighted by Crippen LogP contribution is 1.92. The van der Waals surface area contributed by atoms with Crippen molar-refractivity contribution >= 4 is 6.41 Å². The zero-order chi connectivity index (χ0) is 9.14. The van der Waals surface area contributed by atoms with Crippen molar-refractivity contribution < 1.29 is 4.79 Å². The van der Waals surface area contributed by atoms with Crippen molar-refractivity contribution in [1.29, 1.82) is 0 Å². The van der Waals surface area contributed by atoms with E-state index in [9.17, 15) is 9.59 Å². The third kappa shape index (κ3) is 1.50. The molecule has 12 heavy (non-hydrogen) atoms. The Morgan fingerprint density at radius 2 is 2.25 bits per heavy atom. The van der Waals surface area contributed by atoms with Gasteiger partial charge in [-0.05, 0) is 19.9 Å². The molecule has 0 aliphatic heterocycles. The number of carbonyl (C=O) groups is 1. The molecule has 64 valence electrons. The Morgan fingerprint density at radius 1 is 1.58 bits per heavy atom. The van der Waals surface area contributed by atoms with E-state index in [0.717, 1.165) is 4.68 Å². The van der Waals surface area contributed by atoms with Gasteiger partial charge in [0.2, 0.25) is 6.41 Å². The van der Waals surface area contributed by atoms with Crippen LogP contribution in [0.25, 0.3) is 0 Å². The molecule has 1 aromatic heterocycles. The number of nitrogens with zero attached hydrogens (tertiary/aromatic N) is 2. The van der Waals surface area contributed by atoms with Crippen LogP contribution in [0.4, 0.5) is 0 Å². The minimum Gasteiger partial charge on any atom is -0.277 e. The van der Waals surface area contributed by atoms with E-state index in [1.807, 2.05) is 0 Å². The second-order valence-electron chi connectivity index (χ2n) is 2.40. The molecule has 0 aliphatic carbocycles. The summed E-state index contributed by atoms with van der Waals surface area (Å²) in [5.41, 5.74) is 3.05. The first-order valence-electron chi connectivity index (χ1n) is 3.42. The summed E-state index contributed by atoms with van der Waals surface area (Å²) < 4.78 is 1.08. The lowest BCUT2D eigenvalue weighted by molar-refractivity contribution is -0.106. The lowest BCUT2D eigenvalue weighted by atomic mass is 10.4. The fraction of sp³-hybridized carbons (Fsp3) is 0.286. The minimum atomic E-state index is -0.473. The Hall–Kier alpha value is -1.65. The quantitative estimate of drug-likeness (QED) is 0.607. The summed E-state index contributed by atoms with van der Waals surface area (Å²) in [6.07, 6.45) is 0.436. The van der Waals surface area contributed by atoms with Gasteiger partial charge in [0.1, 0.15) is 0 Å². The van der Waals surface area contributed by atoms with Gasteiger partial charge in [0, 0.05) is 11.4 Å². The highest BCUT2D eigenvalue weighted by molar-refractivity contribution is 5.56. The maximum atomic E-state index is 11.1. The van der Waals surface area contributed by atoms with Gasteiger partial charge in [0.25, 0.3) is 0 Å². The molecule has 0 fully saturated rings. The topological polar surface area (TPSA) is 64.0 Å². The smallest absolute Gasteiger partial charge is 0.277 e. The number of aromatic nitrogens is 2. The number of carbonyl (C=O) groups excluding carboxylic acids is 1. The van der Waals surface area contributed by atoms with Crippen LogP contribution in [0.5, 0.6) is 0 Å². The number of rotatable bonds is 2. The Labute approximate surface area is 69.0 Å². The lowest BCUT2D eigenvalue weighted by Gasteiger charge is -2.05. The Kier molecular flexibility index (Phi) is 2.23. The second-order valence-corrected chi connectivity index (χ2v) is 2.40. The summed E-state index contributed by atoms with van der Waals surface area (Å²) in [5, 5.41) is 0. The molecule has 1 aromatic rings. The first kappa shape index (κ1) is 8.45. The van der Waals surface area contributed by atoms with Gasteiger partial charge in [-0.1, -0.05) is 0 Å². The van der Waals surface area contributed by atoms with E-state index in [1.54, 1.807) is 19.9 Å². The van der Waals surface area contributed by atoms with Crippen LogP contribution in [0, 0.1) is 13.8 Å². The monoisotopic (exact) mass is 167 g/mol. The van der Waals surface area contributed by atoms with E-state index in [2.05, 4.69) is 10.4 Å². The Morgan fingerprint density at radius 3 is 2.75 bits per heavy atom. The first-order chi connectivity index (χ1) is 5.65. The summed E-state index contributed by atoms with van der Waals surface area (Å²) in [5.74, 6) is 0. The van der Waals surface area contributed by atoms with Gasteiger partial charge in [-0.2, -0.15) is 4.98 Å². The molecule has 0 bridgehead atoms. The molecule has 1 N–H and O–H groups in total. The predicted molar refractivity (Wildman–Crippen MR) is 43.4 cm³/mol. The molecule has 0 saturated carbocycles. The van der Waals surface area contributed by atoms with Crippen molar-refractivity contribution in [3.05, 3.63) is 27.9 Å². The largest absolute Gasteiger partial charge is 0.366 e. The van der Waals surface area contributed by atoms with Gasteiger partial charge in [0.05, 0.1) is 0 Å². The van der Waals surface area contributed by atoms with E-state index < -0.39 is 5.69 Å². The molecule has 5 nitrogen and oxygen atoms in total. The van der Waals surface area contributed by atoms with E-state index in [-0.39, 0.29) is 0 Å². The first-order valence-corrected chi connectivity index (χ1v) is 3.42. The normalized spacial score (nSPS) is 9.50. The molecule has 0 atom stereocenters. The fourth-order valence-corrected chi connectivity index (χ4v) is 0.961. The van der Waals surface area contributed by atoms with Crippen molar-refractivity contribution in [2.45, 2.75) is 13.8 Å². The molecule has 0 aliphatic rings. The zero-order valence-electron chi connectivity index (χ0n) is 6.87. The molecular weight excluding hydrogens is 158 g/mol. The number of nitrogens with one attached hydrogen (secondary N) is 1. The van der Waals surface area contributed by atoms with Crippen LogP contribution in [0.15, 0.2) is 10.9 Å². The number of hydrogen-bond acceptors (Lipinski definition) is 3. The van der Waals surface area contributed by atoms with Gasteiger partial charge in [-0.3, -0.25) is 10.2 Å². The summed E-state index contributed by atoms with van der Waals surface area (Å²) >= 11 is 0. The van der Waals surface area contributed by atoms with Crippen molar-refractivity contribution in [1.82, 2.24) is 9.66 Å². The van der Waals surface area contributed by atoms with Crippen LogP contribution >= 0.6 is 0 Å². The van der Waals surface area contributed by atoms with Crippen molar-refractivity contribution in [2.75, 3.05) is 5.43 Å². The number of hydrogen-bond donors (Lipinski definition) is 1. The minimum absolute atomic E-state index is 0.436. The van der Waals surface area contributed by atoms with Crippen LogP contribution in [-0.2, 0) is 4.79 Å². The van der Waals surface area contributed by atoms with E-state index >= 15 is 0 Å². The molecule has 0 spiro atoms. The maximum absolute atomic E-state index is 11.1. The molecule has 1 amide bonds. The van der Waals surface area contributed by atoms with E-state index in [1.165, 1.54) is 0 Å². The summed E-state index contributed by atoms with van der Waals surface area (Å²) in [6, 6.07) is 1.71. The van der Waals surface area contributed by atoms with Crippen molar-refractivity contribution in [3.8, 4) is 0 Å². The average Bonchev–Trinajstić information content (AvgIpc) is 1.96. The summed E-state index contributed by atoms with van der Waals surface area (Å²) in [7, 11) is 0. The zero-order valence-corrected chi connectivity index (χ0v) is 6.87. The molecule has 5 heteroatoms. The fourth-order valence-electron chi connectivity index (χ4n) is 0.961. The van der Waals surface area contributed by atoms with Crippen molar-refractivity contribution in [2.24, 2.45) is 0 Å². The Bertz CT molecular complexity index is 356. The van der Waals surface area contributed by atoms with Gasteiger partial charge in [0.15, 0.2) is 0 Å². The molecular formula is C7H9N3O2. The molecule has 0 saturated heterocycles. The van der Waals surface area contributed by atoms with Crippen LogP contribution in [0.3, 0.4) is 0 Å². The maximum Gasteiger partial charge on any atom is 0.366 e. The SMILES string of the molecule is Cc1cc(C)n(NC=O)c(=O)n1. The number of amides is 1. The Balaban J connectivity index is 3.28. The summed E-state index contributed by atoms with van der Waals surface area (Å²) in [4.78, 5) is 24.8. The third-order valence-electron chi connectivity index (χ3n) is 1.42. The lowest BCUT2D eigenvalue weighted by Crippen LogP contribution is -2.32. The standard InChI is InChI=1S/C7H9N3O2/c1-5-3-6(2)10(8-4-11)7(12)9-5/h3-4H,1-2H3,(H,8,11). The van der Waals surface area contributed by atoms with Gasteiger partial charge >= 0.3 is 5.69 Å². The van der Waals surface area contributed by atoms with Gasteiger partial charge < -0.3 is 0 Å². The molecule has 1 rings (SSSR count). The number of aryl methyl sites for hydroxylation is 2. The average molecular weight is 167 g/mol. The second kappa shape index (κ2) is 3.17. The highest BCUT2D eigenvalue weighted by Gasteiger charge is 1.99. The summed E-state index contributed by atoms with van der Waals surface area (Å²) in [6.45, 7) is 3.44. The van der Waals surface area contributed by atoms with Crippen molar-refractivity contribution in [3.63, 3.8) is 0 Å². The highest BCUT2D eigenvalue weighted by atomic mass is 16.2. The molecule has 1 heterocycles.